The van der Waals surface area contributed by atoms with E-state index in [4.69, 9.17) is 5.41 Å². The lowest BCUT2D eigenvalue weighted by Crippen LogP contribution is -2.15. The number of nitrogens with one attached hydrogen (secondary N) is 2. The van der Waals surface area contributed by atoms with Gasteiger partial charge in [-0.2, -0.15) is 0 Å². The van der Waals surface area contributed by atoms with Crippen LogP contribution in [-0.4, -0.2) is 12.8 Å². The minimum absolute atomic E-state index is 0.724. The molecule has 0 radical (unpaired) electrons. The fourth-order valence-corrected chi connectivity index (χ4v) is 3.13. The Hall–Kier alpha value is -1.57. The van der Waals surface area contributed by atoms with Gasteiger partial charge in [0, 0.05) is 7.05 Å². The van der Waals surface area contributed by atoms with Crippen molar-refractivity contribution in [3.05, 3.63) is 41.6 Å². The molecular weight excluding hydrogens is 304 g/mol. The molecule has 140 valence electrons. The molecule has 0 aliphatic heterocycles. The molecule has 0 amide bonds. The monoisotopic (exact) mass is 342 g/mol. The van der Waals surface area contributed by atoms with E-state index in [0.29, 0.717) is 0 Å². The van der Waals surface area contributed by atoms with Crippen molar-refractivity contribution in [2.24, 2.45) is 0 Å². The minimum Gasteiger partial charge on any atom is -0.387 e. The first kappa shape index (κ1) is 21.5. The van der Waals surface area contributed by atoms with E-state index in [-0.39, 0.29) is 0 Å². The summed E-state index contributed by atoms with van der Waals surface area (Å²) in [4.78, 5) is 0. The zero-order valence-electron chi connectivity index (χ0n) is 16.4. The highest BCUT2D eigenvalue weighted by atomic mass is 14.8. The van der Waals surface area contributed by atoms with Gasteiger partial charge in [-0.25, -0.2) is 0 Å². The van der Waals surface area contributed by atoms with Crippen LogP contribution in [-0.2, 0) is 0 Å². The van der Waals surface area contributed by atoms with E-state index < -0.39 is 0 Å². The van der Waals surface area contributed by atoms with Gasteiger partial charge in [-0.05, 0) is 24.5 Å². The molecule has 0 aliphatic rings. The summed E-state index contributed by atoms with van der Waals surface area (Å²) >= 11 is 0. The Bertz CT molecular complexity index is 476. The summed E-state index contributed by atoms with van der Waals surface area (Å²) < 4.78 is 0. The predicted octanol–water partition coefficient (Wildman–Crippen LogP) is 6.97. The molecule has 2 nitrogen and oxygen atoms in total. The van der Waals surface area contributed by atoms with Gasteiger partial charge >= 0.3 is 0 Å². The molecule has 0 saturated carbocycles. The van der Waals surface area contributed by atoms with Gasteiger partial charge in [0.2, 0.25) is 0 Å². The maximum absolute atomic E-state index is 8.29. The summed E-state index contributed by atoms with van der Waals surface area (Å²) in [6.07, 6.45) is 17.8. The zero-order valence-corrected chi connectivity index (χ0v) is 16.4. The fourth-order valence-electron chi connectivity index (χ4n) is 3.13. The lowest BCUT2D eigenvalue weighted by Gasteiger charge is -2.09. The van der Waals surface area contributed by atoms with Gasteiger partial charge in [0.15, 0.2) is 0 Å². The summed E-state index contributed by atoms with van der Waals surface area (Å²) in [5.41, 5.74) is 2.82. The standard InChI is InChI=1S/C23H38N2/c1-3-4-5-6-7-8-9-10-11-12-16-19-22(24)23(25-2)20-21-17-14-13-15-18-21/h13-15,17-18,20,24-25H,3-12,16,19H2,1-2H3/b23-20+,24-22?. The number of rotatable bonds is 15. The summed E-state index contributed by atoms with van der Waals surface area (Å²) in [6, 6.07) is 10.2. The average molecular weight is 343 g/mol. The Balaban J connectivity index is 2.08. The molecule has 0 heterocycles. The van der Waals surface area contributed by atoms with Crippen LogP contribution in [0.1, 0.15) is 89.5 Å². The van der Waals surface area contributed by atoms with Gasteiger partial charge in [0.05, 0.1) is 11.4 Å². The normalized spacial score (nSPS) is 11.5. The van der Waals surface area contributed by atoms with Crippen molar-refractivity contribution in [2.45, 2.75) is 84.0 Å². The molecule has 0 unspecified atom stereocenters. The summed E-state index contributed by atoms with van der Waals surface area (Å²) in [6.45, 7) is 2.27. The third-order valence-corrected chi connectivity index (χ3v) is 4.74. The molecule has 2 heteroatoms. The van der Waals surface area contributed by atoms with Gasteiger partial charge in [-0.3, -0.25) is 0 Å². The molecule has 0 atom stereocenters. The SMILES string of the molecule is CCCCCCCCCCCCCC(=N)/C(=C\c1ccccc1)NC. The summed E-state index contributed by atoms with van der Waals surface area (Å²) in [5, 5.41) is 11.5. The Morgan fingerprint density at radius 2 is 1.36 bits per heavy atom. The molecule has 0 spiro atoms. The van der Waals surface area contributed by atoms with E-state index in [1.165, 1.54) is 64.2 Å². The van der Waals surface area contributed by atoms with Crippen molar-refractivity contribution in [3.63, 3.8) is 0 Å². The van der Waals surface area contributed by atoms with Gasteiger partial charge in [-0.1, -0.05) is 101 Å². The highest BCUT2D eigenvalue weighted by Crippen LogP contribution is 2.13. The molecule has 0 bridgehead atoms. The van der Waals surface area contributed by atoms with Gasteiger partial charge in [0.25, 0.3) is 0 Å². The zero-order chi connectivity index (χ0) is 18.2. The van der Waals surface area contributed by atoms with Crippen LogP contribution < -0.4 is 5.32 Å². The molecular formula is C23H38N2. The van der Waals surface area contributed by atoms with Crippen LogP contribution in [0.15, 0.2) is 36.0 Å². The Morgan fingerprint density at radius 3 is 1.88 bits per heavy atom. The highest BCUT2D eigenvalue weighted by Gasteiger charge is 2.03. The lowest BCUT2D eigenvalue weighted by molar-refractivity contribution is 0.551. The van der Waals surface area contributed by atoms with Crippen molar-refractivity contribution >= 4 is 11.8 Å². The first-order valence-corrected chi connectivity index (χ1v) is 10.3. The van der Waals surface area contributed by atoms with Gasteiger partial charge in [0.1, 0.15) is 0 Å². The highest BCUT2D eigenvalue weighted by molar-refractivity contribution is 6.00. The Labute approximate surface area is 155 Å². The second-order valence-electron chi connectivity index (χ2n) is 6.98. The van der Waals surface area contributed by atoms with E-state index in [1.807, 2.05) is 25.2 Å². The van der Waals surface area contributed by atoms with Crippen LogP contribution in [0.2, 0.25) is 0 Å². The predicted molar refractivity (Wildman–Crippen MR) is 112 cm³/mol. The smallest absolute Gasteiger partial charge is 0.0555 e. The van der Waals surface area contributed by atoms with Crippen molar-refractivity contribution in [1.82, 2.24) is 5.32 Å². The van der Waals surface area contributed by atoms with Crippen molar-refractivity contribution < 1.29 is 0 Å². The molecule has 0 aromatic heterocycles. The number of allylic oxidation sites excluding steroid dienone is 1. The molecule has 1 rings (SSSR count). The van der Waals surface area contributed by atoms with Crippen molar-refractivity contribution in [3.8, 4) is 0 Å². The number of hydrogen-bond acceptors (Lipinski definition) is 2. The van der Waals surface area contributed by atoms with E-state index in [1.54, 1.807) is 0 Å². The molecule has 2 N–H and O–H groups in total. The molecule has 0 aliphatic carbocycles. The van der Waals surface area contributed by atoms with Crippen LogP contribution in [0.4, 0.5) is 0 Å². The second kappa shape index (κ2) is 14.7. The molecule has 25 heavy (non-hydrogen) atoms. The van der Waals surface area contributed by atoms with Crippen molar-refractivity contribution in [1.29, 1.82) is 5.41 Å². The summed E-state index contributed by atoms with van der Waals surface area (Å²) in [5.74, 6) is 0. The second-order valence-corrected chi connectivity index (χ2v) is 6.98. The van der Waals surface area contributed by atoms with E-state index in [9.17, 15) is 0 Å². The van der Waals surface area contributed by atoms with Crippen LogP contribution in [0.25, 0.3) is 6.08 Å². The third kappa shape index (κ3) is 10.8. The largest absolute Gasteiger partial charge is 0.387 e. The Kier molecular flexibility index (Phi) is 12.7. The van der Waals surface area contributed by atoms with E-state index in [2.05, 4.69) is 30.4 Å². The van der Waals surface area contributed by atoms with Gasteiger partial charge in [-0.15, -0.1) is 0 Å². The Morgan fingerprint density at radius 1 is 0.840 bits per heavy atom. The minimum atomic E-state index is 0.724. The van der Waals surface area contributed by atoms with E-state index in [0.717, 1.165) is 29.8 Å². The maximum atomic E-state index is 8.29. The van der Waals surface area contributed by atoms with Crippen LogP contribution in [0.3, 0.4) is 0 Å². The van der Waals surface area contributed by atoms with Crippen LogP contribution in [0.5, 0.6) is 0 Å². The number of hydrogen-bond donors (Lipinski definition) is 2. The third-order valence-electron chi connectivity index (χ3n) is 4.74. The number of unbranched alkanes of at least 4 members (excludes halogenated alkanes) is 10. The molecule has 1 aromatic carbocycles. The first-order chi connectivity index (χ1) is 12.3. The fraction of sp³-hybridized carbons (Fsp3) is 0.609. The first-order valence-electron chi connectivity index (χ1n) is 10.3. The van der Waals surface area contributed by atoms with Crippen molar-refractivity contribution in [2.75, 3.05) is 7.05 Å². The van der Waals surface area contributed by atoms with Gasteiger partial charge < -0.3 is 10.7 Å². The topological polar surface area (TPSA) is 35.9 Å². The number of benzene rings is 1. The lowest BCUT2D eigenvalue weighted by atomic mass is 10.0. The maximum Gasteiger partial charge on any atom is 0.0555 e. The summed E-state index contributed by atoms with van der Waals surface area (Å²) in [7, 11) is 1.91. The van der Waals surface area contributed by atoms with E-state index >= 15 is 0 Å². The molecule has 0 saturated heterocycles. The van der Waals surface area contributed by atoms with Crippen LogP contribution in [0, 0.1) is 5.41 Å². The quantitative estimate of drug-likeness (QED) is 0.262. The molecule has 0 fully saturated rings. The molecule has 1 aromatic rings. The average Bonchev–Trinajstić information content (AvgIpc) is 2.64. The van der Waals surface area contributed by atoms with Crippen LogP contribution >= 0.6 is 0 Å².